The second kappa shape index (κ2) is 8.51. The van der Waals surface area contributed by atoms with E-state index in [0.717, 1.165) is 23.2 Å². The van der Waals surface area contributed by atoms with Crippen LogP contribution in [0.1, 0.15) is 48.0 Å². The molecule has 3 atom stereocenters. The smallest absolute Gasteiger partial charge is 0.417 e. The first kappa shape index (κ1) is 23.6. The molecule has 184 valence electrons. The maximum Gasteiger partial charge on any atom is 0.417 e. The summed E-state index contributed by atoms with van der Waals surface area (Å²) >= 11 is 6.04. The molecule has 11 heteroatoms. The van der Waals surface area contributed by atoms with E-state index in [1.807, 2.05) is 4.90 Å². The van der Waals surface area contributed by atoms with Crippen molar-refractivity contribution in [1.82, 2.24) is 9.78 Å². The van der Waals surface area contributed by atoms with Gasteiger partial charge in [0.15, 0.2) is 5.82 Å². The average molecular weight is 510 g/mol. The van der Waals surface area contributed by atoms with E-state index < -0.39 is 45.9 Å². The number of carbonyl (C=O) groups excluding carboxylic acids is 1. The Bertz CT molecular complexity index is 1330. The first-order valence-electron chi connectivity index (χ1n) is 11.2. The Morgan fingerprint density at radius 1 is 1.06 bits per heavy atom. The molecule has 2 saturated heterocycles. The van der Waals surface area contributed by atoms with Crippen LogP contribution in [0.4, 0.5) is 23.4 Å². The number of benzene rings is 2. The second-order valence-electron chi connectivity index (χ2n) is 8.99. The molecular formula is C24H20ClF4N3O3. The van der Waals surface area contributed by atoms with Crippen molar-refractivity contribution < 1.29 is 32.3 Å². The number of fused-ring (bicyclic) bond motifs is 3. The number of alkyl halides is 3. The maximum absolute atomic E-state index is 15.1. The lowest BCUT2D eigenvalue weighted by Crippen LogP contribution is -2.53. The summed E-state index contributed by atoms with van der Waals surface area (Å²) in [5.41, 5.74) is -1.97. The number of aliphatic carboxylic acids is 1. The van der Waals surface area contributed by atoms with Gasteiger partial charge in [-0.3, -0.25) is 9.59 Å². The van der Waals surface area contributed by atoms with Crippen LogP contribution >= 0.6 is 11.6 Å². The molecule has 0 saturated carbocycles. The van der Waals surface area contributed by atoms with Crippen LogP contribution in [-0.2, 0) is 11.0 Å². The number of hydrogen-bond acceptors (Lipinski definition) is 4. The minimum atomic E-state index is -4.84. The SMILES string of the molecule is O=C(O)C1C[C@H]2CCC[C@@H](C1)N2c1nn(C(=O)c2c(Cl)cccc2C(F)(F)F)c2cccc(F)c12. The Morgan fingerprint density at radius 2 is 1.71 bits per heavy atom. The minimum Gasteiger partial charge on any atom is -0.481 e. The zero-order chi connectivity index (χ0) is 25.1. The van der Waals surface area contributed by atoms with Crippen molar-refractivity contribution in [2.45, 2.75) is 50.4 Å². The first-order chi connectivity index (χ1) is 16.6. The molecule has 2 aliphatic rings. The van der Waals surface area contributed by atoms with E-state index in [1.165, 1.54) is 24.3 Å². The summed E-state index contributed by atoms with van der Waals surface area (Å²) in [6, 6.07) is 6.51. The third-order valence-corrected chi connectivity index (χ3v) is 7.25. The predicted molar refractivity (Wildman–Crippen MR) is 120 cm³/mol. The summed E-state index contributed by atoms with van der Waals surface area (Å²) in [6.45, 7) is 0. The fourth-order valence-electron chi connectivity index (χ4n) is 5.46. The highest BCUT2D eigenvalue weighted by atomic mass is 35.5. The number of rotatable bonds is 3. The zero-order valence-corrected chi connectivity index (χ0v) is 19.0. The van der Waals surface area contributed by atoms with E-state index in [0.29, 0.717) is 25.7 Å². The normalized spacial score (nSPS) is 22.4. The highest BCUT2D eigenvalue weighted by Crippen LogP contribution is 2.43. The van der Waals surface area contributed by atoms with Gasteiger partial charge < -0.3 is 10.0 Å². The molecule has 1 aromatic heterocycles. The van der Waals surface area contributed by atoms with E-state index in [2.05, 4.69) is 5.10 Å². The number of anilines is 1. The quantitative estimate of drug-likeness (QED) is 0.454. The summed E-state index contributed by atoms with van der Waals surface area (Å²) in [5.74, 6) is -3.11. The van der Waals surface area contributed by atoms with E-state index in [-0.39, 0.29) is 28.8 Å². The number of carboxylic acids is 1. The maximum atomic E-state index is 15.1. The predicted octanol–water partition coefficient (Wildman–Crippen LogP) is 5.76. The van der Waals surface area contributed by atoms with Crippen molar-refractivity contribution in [1.29, 1.82) is 0 Å². The molecule has 1 unspecified atom stereocenters. The highest BCUT2D eigenvalue weighted by molar-refractivity contribution is 6.34. The molecule has 6 nitrogen and oxygen atoms in total. The zero-order valence-electron chi connectivity index (χ0n) is 18.2. The van der Waals surface area contributed by atoms with E-state index in [1.54, 1.807) is 0 Å². The average Bonchev–Trinajstić information content (AvgIpc) is 3.17. The minimum absolute atomic E-state index is 0.00661. The molecule has 0 amide bonds. The van der Waals surface area contributed by atoms with Crippen molar-refractivity contribution in [3.05, 3.63) is 58.4 Å². The van der Waals surface area contributed by atoms with Gasteiger partial charge in [-0.25, -0.2) is 4.39 Å². The molecule has 5 rings (SSSR count). The summed E-state index contributed by atoms with van der Waals surface area (Å²) in [5, 5.41) is 13.5. The lowest BCUT2D eigenvalue weighted by Gasteiger charge is -2.48. The number of carbonyl (C=O) groups is 2. The van der Waals surface area contributed by atoms with Gasteiger partial charge in [0.05, 0.1) is 33.0 Å². The van der Waals surface area contributed by atoms with E-state index in [4.69, 9.17) is 11.6 Å². The Kier molecular flexibility index (Phi) is 5.74. The van der Waals surface area contributed by atoms with Gasteiger partial charge in [0.2, 0.25) is 0 Å². The molecule has 0 aliphatic carbocycles. The van der Waals surface area contributed by atoms with Crippen LogP contribution in [0.2, 0.25) is 5.02 Å². The molecule has 2 aromatic carbocycles. The lowest BCUT2D eigenvalue weighted by molar-refractivity contribution is -0.143. The van der Waals surface area contributed by atoms with Crippen LogP contribution in [0.15, 0.2) is 36.4 Å². The number of piperidine rings is 2. The monoisotopic (exact) mass is 509 g/mol. The fraction of sp³-hybridized carbons (Fsp3) is 0.375. The molecule has 35 heavy (non-hydrogen) atoms. The van der Waals surface area contributed by atoms with Crippen LogP contribution in [0, 0.1) is 11.7 Å². The second-order valence-corrected chi connectivity index (χ2v) is 9.39. The molecule has 2 aliphatic heterocycles. The summed E-state index contributed by atoms with van der Waals surface area (Å²) in [7, 11) is 0. The van der Waals surface area contributed by atoms with Crippen LogP contribution in [0.25, 0.3) is 10.9 Å². The fourth-order valence-corrected chi connectivity index (χ4v) is 5.71. The summed E-state index contributed by atoms with van der Waals surface area (Å²) < 4.78 is 56.9. The largest absolute Gasteiger partial charge is 0.481 e. The van der Waals surface area contributed by atoms with Gasteiger partial charge in [0.1, 0.15) is 5.82 Å². The van der Waals surface area contributed by atoms with Crippen molar-refractivity contribution >= 4 is 40.2 Å². The van der Waals surface area contributed by atoms with E-state index in [9.17, 15) is 27.9 Å². The van der Waals surface area contributed by atoms with Gasteiger partial charge in [-0.1, -0.05) is 23.7 Å². The number of halogens is 5. The van der Waals surface area contributed by atoms with Gasteiger partial charge in [-0.2, -0.15) is 17.9 Å². The number of aromatic nitrogens is 2. The molecule has 1 N–H and O–H groups in total. The van der Waals surface area contributed by atoms with Crippen molar-refractivity contribution in [2.24, 2.45) is 5.92 Å². The highest BCUT2D eigenvalue weighted by Gasteiger charge is 2.43. The third kappa shape index (κ3) is 3.93. The topological polar surface area (TPSA) is 75.4 Å². The molecule has 3 aromatic rings. The number of hydrogen-bond donors (Lipinski definition) is 1. The van der Waals surface area contributed by atoms with Crippen LogP contribution in [0.3, 0.4) is 0 Å². The van der Waals surface area contributed by atoms with Crippen molar-refractivity contribution in [3.63, 3.8) is 0 Å². The molecule has 3 heterocycles. The lowest BCUT2D eigenvalue weighted by atomic mass is 9.78. The number of carboxylic acid groups (broad SMARTS) is 1. The number of nitrogens with zero attached hydrogens (tertiary/aromatic N) is 3. The first-order valence-corrected chi connectivity index (χ1v) is 11.5. The molecular weight excluding hydrogens is 490 g/mol. The van der Waals surface area contributed by atoms with Gasteiger partial charge in [0, 0.05) is 12.1 Å². The summed E-state index contributed by atoms with van der Waals surface area (Å²) in [4.78, 5) is 26.9. The van der Waals surface area contributed by atoms with Gasteiger partial charge in [0.25, 0.3) is 5.91 Å². The molecule has 0 radical (unpaired) electrons. The van der Waals surface area contributed by atoms with Crippen LogP contribution < -0.4 is 4.90 Å². The van der Waals surface area contributed by atoms with Gasteiger partial charge in [-0.15, -0.1) is 5.10 Å². The molecule has 2 bridgehead atoms. The molecule has 2 fully saturated rings. The van der Waals surface area contributed by atoms with Crippen molar-refractivity contribution in [3.8, 4) is 0 Å². The molecule has 0 spiro atoms. The van der Waals surface area contributed by atoms with Crippen LogP contribution in [0.5, 0.6) is 0 Å². The summed E-state index contributed by atoms with van der Waals surface area (Å²) in [6.07, 6.45) is -1.97. The third-order valence-electron chi connectivity index (χ3n) is 6.93. The standard InChI is InChI=1S/C24H20ClF4N3O3/c25-16-7-2-6-15(24(27,28)29)19(16)22(33)32-18-9-3-8-17(26)20(18)21(30-32)31-13-4-1-5-14(31)11-12(10-13)23(34)35/h2-3,6-9,12-14H,1,4-5,10-11H2,(H,34,35)/t12?,13-,14+. The Balaban J connectivity index is 1.67. The van der Waals surface area contributed by atoms with Crippen molar-refractivity contribution in [2.75, 3.05) is 4.90 Å². The Morgan fingerprint density at radius 3 is 2.34 bits per heavy atom. The van der Waals surface area contributed by atoms with Gasteiger partial charge >= 0.3 is 12.1 Å². The van der Waals surface area contributed by atoms with Gasteiger partial charge in [-0.05, 0) is 56.4 Å². The van der Waals surface area contributed by atoms with E-state index >= 15 is 4.39 Å². The van der Waals surface area contributed by atoms with Crippen LogP contribution in [-0.4, -0.2) is 38.8 Å². The Labute approximate surface area is 202 Å². The Hall–Kier alpha value is -3.14.